The van der Waals surface area contributed by atoms with E-state index in [0.717, 1.165) is 80.1 Å². The molecule has 0 atom stereocenters. The van der Waals surface area contributed by atoms with E-state index in [1.807, 2.05) is 0 Å². The number of hydrogen-bond acceptors (Lipinski definition) is 4. The van der Waals surface area contributed by atoms with E-state index < -0.39 is 0 Å². The summed E-state index contributed by atoms with van der Waals surface area (Å²) in [5.41, 5.74) is 2.13. The third kappa shape index (κ3) is 2.59. The first-order chi connectivity index (χ1) is 12.1. The minimum Gasteiger partial charge on any atom is -0.310 e. The molecule has 6 rings (SSSR count). The largest absolute Gasteiger partial charge is 0.310 e. The number of nitrogens with zero attached hydrogens (tertiary/aromatic N) is 3. The van der Waals surface area contributed by atoms with E-state index in [-0.39, 0.29) is 11.3 Å². The van der Waals surface area contributed by atoms with Gasteiger partial charge in [-0.3, -0.25) is 9.69 Å². The molecule has 1 N–H and O–H groups in total. The van der Waals surface area contributed by atoms with E-state index in [4.69, 9.17) is 0 Å². The van der Waals surface area contributed by atoms with E-state index >= 15 is 0 Å². The number of carbonyl (C=O) groups is 1. The minimum absolute atomic E-state index is 0.114. The van der Waals surface area contributed by atoms with Crippen LogP contribution in [0.15, 0.2) is 6.33 Å². The van der Waals surface area contributed by atoms with Gasteiger partial charge in [0.25, 0.3) is 0 Å². The van der Waals surface area contributed by atoms with Gasteiger partial charge in [-0.15, -0.1) is 0 Å². The smallest absolute Gasteiger partial charge is 0.231 e. The number of hydrogen-bond donors (Lipinski definition) is 1. The van der Waals surface area contributed by atoms with Gasteiger partial charge in [0, 0.05) is 18.7 Å². The zero-order chi connectivity index (χ0) is 17.0. The Morgan fingerprint density at radius 1 is 1.20 bits per heavy atom. The van der Waals surface area contributed by atoms with Crippen molar-refractivity contribution in [2.45, 2.75) is 58.4 Å². The molecule has 2 heterocycles. The van der Waals surface area contributed by atoms with E-state index in [2.05, 4.69) is 27.1 Å². The molecule has 134 valence electrons. The average molecular weight is 340 g/mol. The fourth-order valence-corrected chi connectivity index (χ4v) is 6.42. The second-order valence-corrected chi connectivity index (χ2v) is 8.92. The van der Waals surface area contributed by atoms with Gasteiger partial charge in [0.1, 0.15) is 12.1 Å². The Balaban J connectivity index is 1.39. The molecule has 0 saturated heterocycles. The highest BCUT2D eigenvalue weighted by atomic mass is 16.2. The number of amides is 1. The Morgan fingerprint density at radius 2 is 1.88 bits per heavy atom. The van der Waals surface area contributed by atoms with E-state index in [9.17, 15) is 4.79 Å². The van der Waals surface area contributed by atoms with Gasteiger partial charge in [0.05, 0.1) is 11.1 Å². The number of fused-ring (bicyclic) bond motifs is 1. The Labute approximate surface area is 149 Å². The molecule has 5 heteroatoms. The Morgan fingerprint density at radius 3 is 2.52 bits per heavy atom. The molecular formula is C20H28N4O. The van der Waals surface area contributed by atoms with Crippen LogP contribution < -0.4 is 5.32 Å². The number of aromatic nitrogens is 2. The van der Waals surface area contributed by atoms with Crippen LogP contribution in [0.25, 0.3) is 0 Å². The van der Waals surface area contributed by atoms with Crippen molar-refractivity contribution in [2.75, 3.05) is 18.4 Å². The zero-order valence-corrected chi connectivity index (χ0v) is 15.1. The summed E-state index contributed by atoms with van der Waals surface area (Å²) in [5.74, 6) is 3.38. The Bertz CT molecular complexity index is 666. The molecule has 0 unspecified atom stereocenters. The van der Waals surface area contributed by atoms with Crippen LogP contribution in [-0.2, 0) is 17.8 Å². The summed E-state index contributed by atoms with van der Waals surface area (Å²) in [7, 11) is 0. The monoisotopic (exact) mass is 340 g/mol. The highest BCUT2D eigenvalue weighted by molar-refractivity contribution is 5.95. The van der Waals surface area contributed by atoms with Crippen LogP contribution in [0.3, 0.4) is 0 Å². The molecule has 0 radical (unpaired) electrons. The van der Waals surface area contributed by atoms with Gasteiger partial charge < -0.3 is 5.32 Å². The maximum Gasteiger partial charge on any atom is 0.231 e. The maximum atomic E-state index is 13.3. The fourth-order valence-electron chi connectivity index (χ4n) is 6.42. The van der Waals surface area contributed by atoms with Crippen molar-refractivity contribution in [3.8, 4) is 0 Å². The van der Waals surface area contributed by atoms with Crippen molar-refractivity contribution in [3.63, 3.8) is 0 Å². The third-order valence-corrected chi connectivity index (χ3v) is 7.29. The van der Waals surface area contributed by atoms with Crippen molar-refractivity contribution < 1.29 is 4.79 Å². The summed E-state index contributed by atoms with van der Waals surface area (Å²) in [6.45, 7) is 5.12. The number of carbonyl (C=O) groups excluding carboxylic acids is 1. The summed E-state index contributed by atoms with van der Waals surface area (Å²) >= 11 is 0. The second kappa shape index (κ2) is 5.76. The molecule has 1 amide bonds. The SMILES string of the molecule is CCN1CCc2c(ncnc2NC(=O)C23CC4CC(CC(C4)C2)C3)C1. The predicted molar refractivity (Wildman–Crippen MR) is 95.9 cm³/mol. The van der Waals surface area contributed by atoms with Gasteiger partial charge >= 0.3 is 0 Å². The first-order valence-electron chi connectivity index (χ1n) is 10.0. The van der Waals surface area contributed by atoms with Crippen molar-refractivity contribution in [2.24, 2.45) is 23.2 Å². The lowest BCUT2D eigenvalue weighted by molar-refractivity contribution is -0.140. The molecular weight excluding hydrogens is 312 g/mol. The Kier molecular flexibility index (Phi) is 3.63. The van der Waals surface area contributed by atoms with Crippen LogP contribution in [0.5, 0.6) is 0 Å². The van der Waals surface area contributed by atoms with Crippen LogP contribution in [-0.4, -0.2) is 33.9 Å². The Hall–Kier alpha value is -1.49. The van der Waals surface area contributed by atoms with Crippen molar-refractivity contribution in [1.29, 1.82) is 0 Å². The summed E-state index contributed by atoms with van der Waals surface area (Å²) < 4.78 is 0. The lowest BCUT2D eigenvalue weighted by Gasteiger charge is -2.55. The van der Waals surface area contributed by atoms with E-state index in [1.54, 1.807) is 6.33 Å². The summed E-state index contributed by atoms with van der Waals surface area (Å²) in [5, 5.41) is 3.25. The zero-order valence-electron chi connectivity index (χ0n) is 15.1. The van der Waals surface area contributed by atoms with Crippen LogP contribution in [0.2, 0.25) is 0 Å². The summed E-state index contributed by atoms with van der Waals surface area (Å²) in [6, 6.07) is 0. The molecule has 5 nitrogen and oxygen atoms in total. The van der Waals surface area contributed by atoms with Crippen molar-refractivity contribution in [3.05, 3.63) is 17.6 Å². The molecule has 4 aliphatic carbocycles. The third-order valence-electron chi connectivity index (χ3n) is 7.29. The van der Waals surface area contributed by atoms with Gasteiger partial charge in [-0.2, -0.15) is 0 Å². The van der Waals surface area contributed by atoms with Crippen LogP contribution in [0.4, 0.5) is 5.82 Å². The first-order valence-corrected chi connectivity index (χ1v) is 10.0. The minimum atomic E-state index is -0.114. The summed E-state index contributed by atoms with van der Waals surface area (Å²) in [6.07, 6.45) is 9.94. The van der Waals surface area contributed by atoms with Gasteiger partial charge in [-0.1, -0.05) is 6.92 Å². The molecule has 4 saturated carbocycles. The van der Waals surface area contributed by atoms with Gasteiger partial charge in [0.15, 0.2) is 0 Å². The first kappa shape index (κ1) is 15.7. The van der Waals surface area contributed by atoms with Crippen LogP contribution in [0, 0.1) is 23.2 Å². The molecule has 0 aromatic carbocycles. The maximum absolute atomic E-state index is 13.3. The molecule has 1 aromatic rings. The standard InChI is InChI=1S/C20H28N4O/c1-2-24-4-3-16-17(11-24)21-12-22-18(16)23-19(25)20-8-13-5-14(9-20)7-15(6-13)10-20/h12-15H,2-11H2,1H3,(H,21,22,23,25). The van der Waals surface area contributed by atoms with E-state index in [1.165, 1.54) is 19.3 Å². The average Bonchev–Trinajstić information content (AvgIpc) is 2.60. The molecule has 5 aliphatic rings. The molecule has 0 spiro atoms. The summed E-state index contributed by atoms with van der Waals surface area (Å²) in [4.78, 5) is 24.6. The quantitative estimate of drug-likeness (QED) is 0.919. The topological polar surface area (TPSA) is 58.1 Å². The fraction of sp³-hybridized carbons (Fsp3) is 0.750. The van der Waals surface area contributed by atoms with Gasteiger partial charge in [-0.05, 0) is 69.2 Å². The molecule has 25 heavy (non-hydrogen) atoms. The van der Waals surface area contributed by atoms with E-state index in [0.29, 0.717) is 0 Å². The van der Waals surface area contributed by atoms with Gasteiger partial charge in [0.2, 0.25) is 5.91 Å². The number of anilines is 1. The van der Waals surface area contributed by atoms with Crippen molar-refractivity contribution in [1.82, 2.24) is 14.9 Å². The number of nitrogens with one attached hydrogen (secondary N) is 1. The van der Waals surface area contributed by atoms with Crippen LogP contribution >= 0.6 is 0 Å². The molecule has 1 aliphatic heterocycles. The lowest BCUT2D eigenvalue weighted by atomic mass is 9.49. The van der Waals surface area contributed by atoms with Crippen LogP contribution in [0.1, 0.15) is 56.7 Å². The van der Waals surface area contributed by atoms with Crippen molar-refractivity contribution >= 4 is 11.7 Å². The second-order valence-electron chi connectivity index (χ2n) is 8.92. The van der Waals surface area contributed by atoms with Gasteiger partial charge in [-0.25, -0.2) is 9.97 Å². The highest BCUT2D eigenvalue weighted by Gasteiger charge is 2.54. The lowest BCUT2D eigenvalue weighted by Crippen LogP contribution is -2.52. The molecule has 4 fully saturated rings. The number of likely N-dealkylation sites (N-methyl/N-ethyl adjacent to an activating group) is 1. The number of rotatable bonds is 3. The predicted octanol–water partition coefficient (Wildman–Crippen LogP) is 3.01. The molecule has 1 aromatic heterocycles. The molecule has 4 bridgehead atoms. The highest BCUT2D eigenvalue weighted by Crippen LogP contribution is 2.60. The normalized spacial score (nSPS) is 36.3.